The van der Waals surface area contributed by atoms with Gasteiger partial charge in [-0.1, -0.05) is 62.4 Å². The number of urea groups is 1. The molecule has 0 bridgehead atoms. The average molecular weight is 1260 g/mol. The predicted octanol–water partition coefficient (Wildman–Crippen LogP) is -2.88. The molecule has 0 aliphatic heterocycles. The number of aromatic hydroxyl groups is 1. The number of hydrazine groups is 1. The molecule has 0 aliphatic carbocycles. The van der Waals surface area contributed by atoms with Gasteiger partial charge in [-0.05, 0) is 79.5 Å². The van der Waals surface area contributed by atoms with E-state index >= 15 is 4.39 Å². The Kier molecular flexibility index (Phi) is 28.4. The number of rotatable bonds is 34. The maximum atomic E-state index is 15.2. The number of primary amides is 2. The summed E-state index contributed by atoms with van der Waals surface area (Å²) in [5, 5.41) is 52.8. The van der Waals surface area contributed by atoms with Gasteiger partial charge in [-0.3, -0.25) is 63.2 Å². The third-order valence-electron chi connectivity index (χ3n) is 13.7. The Balaban J connectivity index is 1.52. The van der Waals surface area contributed by atoms with E-state index in [9.17, 15) is 72.9 Å². The van der Waals surface area contributed by atoms with Gasteiger partial charge in [0.1, 0.15) is 59.9 Å². The zero-order chi connectivity index (χ0) is 66.8. The number of nitrogens with two attached hydrogens (primary N) is 3. The van der Waals surface area contributed by atoms with Crippen LogP contribution in [0.5, 0.6) is 5.75 Å². The van der Waals surface area contributed by atoms with Crippen LogP contribution in [0.3, 0.4) is 0 Å². The van der Waals surface area contributed by atoms with Crippen LogP contribution in [-0.4, -0.2) is 165 Å². The molecule has 0 spiro atoms. The number of carboxylic acids is 1. The highest BCUT2D eigenvalue weighted by Gasteiger charge is 2.36. The number of fused-ring (bicyclic) bond motifs is 1. The van der Waals surface area contributed by atoms with Gasteiger partial charge < -0.3 is 85.4 Å². The molecule has 1 aromatic heterocycles. The van der Waals surface area contributed by atoms with Crippen molar-refractivity contribution >= 4 is 87.9 Å². The molecule has 12 amide bonds. The normalized spacial score (nSPS) is 14.2. The molecule has 4 rings (SSSR count). The van der Waals surface area contributed by atoms with Crippen LogP contribution in [0.15, 0.2) is 84.0 Å². The Bertz CT molecular complexity index is 3230. The van der Waals surface area contributed by atoms with Gasteiger partial charge in [-0.15, -0.1) is 0 Å². The van der Waals surface area contributed by atoms with Crippen molar-refractivity contribution in [2.75, 3.05) is 13.6 Å². The number of amides is 12. The van der Waals surface area contributed by atoms with Crippen LogP contribution in [0, 0.1) is 11.7 Å². The number of phenols is 1. The van der Waals surface area contributed by atoms with Gasteiger partial charge in [0.15, 0.2) is 5.96 Å². The number of guanidine groups is 1. The topological polar surface area (TPSA) is 504 Å². The third-order valence-corrected chi connectivity index (χ3v) is 13.7. The Hall–Kier alpha value is -10.4. The van der Waals surface area contributed by atoms with E-state index in [-0.39, 0.29) is 61.8 Å². The number of aliphatic imine (C=N–C) groups is 1. The summed E-state index contributed by atoms with van der Waals surface area (Å²) >= 11 is 0. The summed E-state index contributed by atoms with van der Waals surface area (Å²) in [6.45, 7) is 5.80. The van der Waals surface area contributed by atoms with E-state index in [2.05, 4.69) is 68.7 Å². The SMILES string of the molecule is CN=C(N)NCCC[C@H](NC(=O)[C@H](CC(C)C)NC(=O)NNC(=O)[C@H](Cc1ccccc1F)NC(=O)[C@@H](NC(=O)[C@H](CC(N)=O)NC(=O)C(CCC(=O)O)NC(=O)[C@@H](Cc1ccc(O)cc1)NC(C)=O)[C@@H](C)O)C(=O)N[C@@H](Cc1c[nH]c2ccccc12)C(N)=O. The number of carboxylic acid groups (broad SMARTS) is 1. The third kappa shape index (κ3) is 24.0. The highest BCUT2D eigenvalue weighted by Crippen LogP contribution is 2.20. The van der Waals surface area contributed by atoms with Crippen LogP contribution < -0.4 is 75.9 Å². The summed E-state index contributed by atoms with van der Waals surface area (Å²) in [4.78, 5) is 167. The van der Waals surface area contributed by atoms with Gasteiger partial charge in [0.2, 0.25) is 53.2 Å². The van der Waals surface area contributed by atoms with E-state index in [0.29, 0.717) is 11.1 Å². The van der Waals surface area contributed by atoms with E-state index in [0.717, 1.165) is 30.8 Å². The number of phenolic OH excluding ortho intramolecular Hbond substituents is 1. The molecule has 4 aromatic rings. The smallest absolute Gasteiger partial charge is 0.334 e. The first-order valence-corrected chi connectivity index (χ1v) is 28.5. The van der Waals surface area contributed by atoms with Crippen LogP contribution >= 0.6 is 0 Å². The standard InChI is InChI=1S/C58H79FN16O15/c1-29(2)23-42(52(85)67-39(15-10-22-64-57(62)63-5)50(83)69-41(49(61)82)26-34-28-65-38-14-9-7-12-36(34)38)72-58(90)75-74-55(88)44(25-33-11-6-8-13-37(33)59)71-56(89)48(30(3)76)73-54(87)45(27-46(60)79)70-51(84)40(20-21-47(80)81)68-53(86)43(66-31(4)77)24-32-16-18-35(78)19-17-32/h6-9,11-14,16-19,28-30,39-45,48,65,76,78H,10,15,20-27H2,1-5H3,(H2,60,79)(H2,61,82)(H,66,77)(H,67,85)(H,68,86)(H,69,83)(H,70,84)(H,71,89)(H,73,87)(H,74,88)(H,80,81)(H3,62,63,64)(H2,72,75,90)/t30-,39+,40?,41+,42+,43-,44+,45+,48+/m1/s1. The quantitative estimate of drug-likeness (QED) is 0.00967. The molecule has 21 N–H and O–H groups in total. The monoisotopic (exact) mass is 1260 g/mol. The van der Waals surface area contributed by atoms with Gasteiger partial charge in [0, 0.05) is 63.3 Å². The van der Waals surface area contributed by atoms with Gasteiger partial charge in [-0.25, -0.2) is 14.6 Å². The summed E-state index contributed by atoms with van der Waals surface area (Å²) < 4.78 is 15.2. The van der Waals surface area contributed by atoms with Crippen LogP contribution in [-0.2, 0) is 72.0 Å². The van der Waals surface area contributed by atoms with E-state index in [1.807, 2.05) is 18.2 Å². The molecule has 31 nitrogen and oxygen atoms in total. The van der Waals surface area contributed by atoms with E-state index in [4.69, 9.17) is 17.2 Å². The molecular weight excluding hydrogens is 1180 g/mol. The maximum absolute atomic E-state index is 15.2. The first kappa shape index (κ1) is 72.1. The number of carbonyl (C=O) groups is 12. The fraction of sp³-hybridized carbons (Fsp3) is 0.431. The second-order valence-electron chi connectivity index (χ2n) is 21.5. The van der Waals surface area contributed by atoms with Gasteiger partial charge >= 0.3 is 12.0 Å². The second-order valence-corrected chi connectivity index (χ2v) is 21.5. The minimum atomic E-state index is -2.04. The summed E-state index contributed by atoms with van der Waals surface area (Å²) in [5.41, 5.74) is 22.9. The number of hydrogen-bond donors (Lipinski definition) is 18. The number of carbonyl (C=O) groups excluding carboxylic acids is 11. The molecule has 1 unspecified atom stereocenters. The van der Waals surface area contributed by atoms with Gasteiger partial charge in [0.25, 0.3) is 5.91 Å². The number of nitrogens with zero attached hydrogens (tertiary/aromatic N) is 1. The molecule has 1 heterocycles. The number of hydrogen-bond acceptors (Lipinski definition) is 15. The van der Waals surface area contributed by atoms with Crippen LogP contribution in [0.4, 0.5) is 9.18 Å². The lowest BCUT2D eigenvalue weighted by molar-refractivity contribution is -0.139. The largest absolute Gasteiger partial charge is 0.508 e. The van der Waals surface area contributed by atoms with Crippen molar-refractivity contribution in [1.82, 2.24) is 63.7 Å². The zero-order valence-corrected chi connectivity index (χ0v) is 50.1. The van der Waals surface area contributed by atoms with Crippen molar-refractivity contribution < 1.29 is 77.2 Å². The number of aliphatic carboxylic acids is 1. The Morgan fingerprint density at radius 3 is 1.76 bits per heavy atom. The number of nitrogens with one attached hydrogen (secondary N) is 12. The molecule has 0 fully saturated rings. The number of aromatic amines is 1. The summed E-state index contributed by atoms with van der Waals surface area (Å²) in [7, 11) is 1.46. The molecule has 90 heavy (non-hydrogen) atoms. The molecule has 0 radical (unpaired) electrons. The van der Waals surface area contributed by atoms with Crippen LogP contribution in [0.1, 0.15) is 82.9 Å². The van der Waals surface area contributed by atoms with E-state index < -0.39 is 157 Å². The predicted molar refractivity (Wildman–Crippen MR) is 322 cm³/mol. The van der Waals surface area contributed by atoms with Crippen LogP contribution in [0.25, 0.3) is 10.9 Å². The lowest BCUT2D eigenvalue weighted by Crippen LogP contribution is -2.62. The number of benzene rings is 3. The number of H-pyrrole nitrogens is 1. The second kappa shape index (κ2) is 35.4. The number of halogens is 1. The molecule has 0 aliphatic rings. The fourth-order valence-electron chi connectivity index (χ4n) is 9.09. The van der Waals surface area contributed by atoms with Crippen molar-refractivity contribution in [2.45, 2.75) is 140 Å². The van der Waals surface area contributed by atoms with Gasteiger partial charge in [-0.2, -0.15) is 0 Å². The molecule has 0 saturated carbocycles. The fourth-order valence-corrected chi connectivity index (χ4v) is 9.09. The highest BCUT2D eigenvalue weighted by atomic mass is 19.1. The summed E-state index contributed by atoms with van der Waals surface area (Å²) in [5.74, 6) is -13.0. The van der Waals surface area contributed by atoms with E-state index in [1.165, 1.54) is 49.5 Å². The molecule has 3 aromatic carbocycles. The minimum absolute atomic E-state index is 0.00911. The molecular formula is C58H79FN16O15. The lowest BCUT2D eigenvalue weighted by atomic mass is 10.0. The molecule has 9 atom stereocenters. The zero-order valence-electron chi connectivity index (χ0n) is 50.1. The van der Waals surface area contributed by atoms with E-state index in [1.54, 1.807) is 26.1 Å². The number of aromatic nitrogens is 1. The molecule has 32 heteroatoms. The average Bonchev–Trinajstić information content (AvgIpc) is 1.90. The van der Waals surface area contributed by atoms with Crippen molar-refractivity contribution in [2.24, 2.45) is 28.1 Å². The Labute approximate surface area is 516 Å². The maximum Gasteiger partial charge on any atom is 0.334 e. The Morgan fingerprint density at radius 2 is 1.16 bits per heavy atom. The van der Waals surface area contributed by atoms with Crippen molar-refractivity contribution in [3.8, 4) is 5.75 Å². The minimum Gasteiger partial charge on any atom is -0.508 e. The number of aliphatic hydroxyl groups excluding tert-OH is 1. The number of aliphatic hydroxyl groups is 1. The summed E-state index contributed by atoms with van der Waals surface area (Å²) in [6, 6.07) is 3.75. The summed E-state index contributed by atoms with van der Waals surface area (Å²) in [6.07, 6.45) is -3.10. The highest BCUT2D eigenvalue weighted by molar-refractivity contribution is 5.99. The number of para-hydroxylation sites is 1. The Morgan fingerprint density at radius 1 is 0.600 bits per heavy atom. The van der Waals surface area contributed by atoms with Crippen molar-refractivity contribution in [1.29, 1.82) is 0 Å². The van der Waals surface area contributed by atoms with Crippen molar-refractivity contribution in [3.63, 3.8) is 0 Å². The van der Waals surface area contributed by atoms with Gasteiger partial charge in [0.05, 0.1) is 12.5 Å². The first-order valence-electron chi connectivity index (χ1n) is 28.5. The molecule has 488 valence electrons. The molecule has 0 saturated heterocycles. The first-order chi connectivity index (χ1) is 42.5. The van der Waals surface area contributed by atoms with Crippen LogP contribution in [0.2, 0.25) is 0 Å². The van der Waals surface area contributed by atoms with Crippen molar-refractivity contribution in [3.05, 3.63) is 102 Å². The lowest BCUT2D eigenvalue weighted by Gasteiger charge is -2.28.